The van der Waals surface area contributed by atoms with Crippen molar-refractivity contribution in [1.29, 1.82) is 0 Å². The number of rotatable bonds is 3. The minimum Gasteiger partial charge on any atom is -0.388 e. The number of hydrogen-bond acceptors (Lipinski definition) is 4. The highest BCUT2D eigenvalue weighted by atomic mass is 16.2. The summed E-state index contributed by atoms with van der Waals surface area (Å²) in [5.41, 5.74) is 2.15. The van der Waals surface area contributed by atoms with Gasteiger partial charge >= 0.3 is 6.03 Å². The van der Waals surface area contributed by atoms with Crippen LogP contribution in [0, 0.1) is 0 Å². The van der Waals surface area contributed by atoms with Crippen molar-refractivity contribution in [3.63, 3.8) is 0 Å². The largest absolute Gasteiger partial charge is 0.388 e. The molecule has 2 amide bonds. The smallest absolute Gasteiger partial charge is 0.317 e. The van der Waals surface area contributed by atoms with Crippen LogP contribution >= 0.6 is 0 Å². The molecule has 0 aliphatic carbocycles. The third-order valence-corrected chi connectivity index (χ3v) is 3.81. The molecule has 6 nitrogen and oxygen atoms in total. The quantitative estimate of drug-likeness (QED) is 0.823. The van der Waals surface area contributed by atoms with E-state index < -0.39 is 0 Å². The van der Waals surface area contributed by atoms with Crippen molar-refractivity contribution in [2.24, 2.45) is 0 Å². The van der Waals surface area contributed by atoms with Gasteiger partial charge in [-0.15, -0.1) is 0 Å². The molecule has 0 saturated carbocycles. The van der Waals surface area contributed by atoms with Gasteiger partial charge in [-0.2, -0.15) is 0 Å². The maximum Gasteiger partial charge on any atom is 0.317 e. The fraction of sp³-hybridized carbons (Fsp3) is 0.538. The number of hydrogen-bond donors (Lipinski definition) is 2. The molecule has 1 unspecified atom stereocenters. The molecule has 1 atom stereocenters. The minimum absolute atomic E-state index is 0.0833. The molecule has 2 fully saturated rings. The molecular formula is C13H19N5O. The molecule has 0 aromatic carbocycles. The summed E-state index contributed by atoms with van der Waals surface area (Å²) in [6.45, 7) is 4.25. The Morgan fingerprint density at radius 3 is 3.26 bits per heavy atom. The van der Waals surface area contributed by atoms with E-state index in [1.807, 2.05) is 24.2 Å². The van der Waals surface area contributed by atoms with E-state index in [1.54, 1.807) is 0 Å². The molecule has 1 aromatic rings. The molecule has 3 rings (SSSR count). The lowest BCUT2D eigenvalue weighted by molar-refractivity contribution is 0.116. The SMILES string of the molecule is CNc1ccnc(CN2CCN3C(=O)NCC3C2)c1. The van der Waals surface area contributed by atoms with Crippen LogP contribution in [0.25, 0.3) is 0 Å². The molecule has 2 aliphatic rings. The molecule has 6 heteroatoms. The van der Waals surface area contributed by atoms with Gasteiger partial charge in [0.25, 0.3) is 0 Å². The van der Waals surface area contributed by atoms with Gasteiger partial charge in [0.2, 0.25) is 0 Å². The number of nitrogens with zero attached hydrogens (tertiary/aromatic N) is 3. The standard InChI is InChI=1S/C13H19N5O/c1-14-10-2-3-15-11(6-10)8-17-4-5-18-12(9-17)7-16-13(18)19/h2-3,6,12H,4-5,7-9H2,1H3,(H,14,15)(H,16,19). The van der Waals surface area contributed by atoms with E-state index in [-0.39, 0.29) is 6.03 Å². The van der Waals surface area contributed by atoms with Gasteiger partial charge in [0, 0.05) is 51.7 Å². The second-order valence-electron chi connectivity index (χ2n) is 5.05. The zero-order valence-electron chi connectivity index (χ0n) is 11.1. The van der Waals surface area contributed by atoms with Crippen molar-refractivity contribution in [3.05, 3.63) is 24.0 Å². The van der Waals surface area contributed by atoms with E-state index in [1.165, 1.54) is 0 Å². The summed E-state index contributed by atoms with van der Waals surface area (Å²) in [5.74, 6) is 0. The van der Waals surface area contributed by atoms with Gasteiger partial charge in [-0.25, -0.2) is 4.79 Å². The number of piperazine rings is 1. The zero-order valence-corrected chi connectivity index (χ0v) is 11.1. The number of nitrogens with one attached hydrogen (secondary N) is 2. The van der Waals surface area contributed by atoms with Crippen LogP contribution in [0.3, 0.4) is 0 Å². The van der Waals surface area contributed by atoms with Crippen LogP contribution in [0.15, 0.2) is 18.3 Å². The van der Waals surface area contributed by atoms with E-state index in [4.69, 9.17) is 0 Å². The van der Waals surface area contributed by atoms with E-state index in [2.05, 4.69) is 26.6 Å². The van der Waals surface area contributed by atoms with E-state index in [0.29, 0.717) is 6.04 Å². The number of pyridine rings is 1. The first-order chi connectivity index (χ1) is 9.26. The van der Waals surface area contributed by atoms with E-state index in [0.717, 1.165) is 44.1 Å². The minimum atomic E-state index is 0.0833. The maximum absolute atomic E-state index is 11.5. The van der Waals surface area contributed by atoms with Crippen molar-refractivity contribution in [2.75, 3.05) is 38.5 Å². The summed E-state index contributed by atoms with van der Waals surface area (Å²) in [6, 6.07) is 4.43. The van der Waals surface area contributed by atoms with E-state index >= 15 is 0 Å². The molecule has 2 saturated heterocycles. The number of carbonyl (C=O) groups is 1. The third-order valence-electron chi connectivity index (χ3n) is 3.81. The summed E-state index contributed by atoms with van der Waals surface area (Å²) >= 11 is 0. The molecule has 3 heterocycles. The molecule has 102 valence electrons. The number of carbonyl (C=O) groups excluding carboxylic acids is 1. The van der Waals surface area contributed by atoms with Gasteiger partial charge in [-0.1, -0.05) is 0 Å². The van der Waals surface area contributed by atoms with E-state index in [9.17, 15) is 4.79 Å². The zero-order chi connectivity index (χ0) is 13.2. The number of fused-ring (bicyclic) bond motifs is 1. The maximum atomic E-state index is 11.5. The summed E-state index contributed by atoms with van der Waals surface area (Å²) in [5, 5.41) is 6.02. The molecule has 2 N–H and O–H groups in total. The van der Waals surface area contributed by atoms with Crippen LogP contribution in [0.4, 0.5) is 10.5 Å². The Labute approximate surface area is 112 Å². The molecule has 0 spiro atoms. The molecule has 0 radical (unpaired) electrons. The monoisotopic (exact) mass is 261 g/mol. The lowest BCUT2D eigenvalue weighted by Gasteiger charge is -2.36. The van der Waals surface area contributed by atoms with Gasteiger partial charge in [0.05, 0.1) is 11.7 Å². The highest BCUT2D eigenvalue weighted by Gasteiger charge is 2.35. The first kappa shape index (κ1) is 12.2. The lowest BCUT2D eigenvalue weighted by atomic mass is 10.2. The van der Waals surface area contributed by atoms with Gasteiger partial charge < -0.3 is 15.5 Å². The highest BCUT2D eigenvalue weighted by Crippen LogP contribution is 2.16. The summed E-state index contributed by atoms with van der Waals surface area (Å²) in [7, 11) is 1.91. The predicted molar refractivity (Wildman–Crippen MR) is 73.0 cm³/mol. The fourth-order valence-corrected chi connectivity index (χ4v) is 2.76. The Morgan fingerprint density at radius 1 is 1.53 bits per heavy atom. The first-order valence-corrected chi connectivity index (χ1v) is 6.66. The Morgan fingerprint density at radius 2 is 2.42 bits per heavy atom. The Kier molecular flexibility index (Phi) is 3.25. The summed E-state index contributed by atoms with van der Waals surface area (Å²) in [4.78, 5) is 20.2. The third kappa shape index (κ3) is 2.49. The number of anilines is 1. The fourth-order valence-electron chi connectivity index (χ4n) is 2.76. The Balaban J connectivity index is 1.63. The normalized spacial score (nSPS) is 23.1. The van der Waals surface area contributed by atoms with Crippen molar-refractivity contribution in [2.45, 2.75) is 12.6 Å². The van der Waals surface area contributed by atoms with Gasteiger partial charge in [-0.3, -0.25) is 9.88 Å². The second-order valence-corrected chi connectivity index (χ2v) is 5.05. The topological polar surface area (TPSA) is 60.5 Å². The highest BCUT2D eigenvalue weighted by molar-refractivity contribution is 5.77. The van der Waals surface area contributed by atoms with Crippen molar-refractivity contribution in [1.82, 2.24) is 20.1 Å². The average molecular weight is 261 g/mol. The van der Waals surface area contributed by atoms with Crippen LogP contribution in [0.2, 0.25) is 0 Å². The van der Waals surface area contributed by atoms with Crippen molar-refractivity contribution in [3.8, 4) is 0 Å². The van der Waals surface area contributed by atoms with Crippen LogP contribution in [-0.4, -0.2) is 60.1 Å². The average Bonchev–Trinajstić information content (AvgIpc) is 2.80. The van der Waals surface area contributed by atoms with Crippen molar-refractivity contribution >= 4 is 11.7 Å². The Bertz CT molecular complexity index is 478. The number of urea groups is 1. The van der Waals surface area contributed by atoms with Crippen LogP contribution in [0.5, 0.6) is 0 Å². The lowest BCUT2D eigenvalue weighted by Crippen LogP contribution is -2.51. The first-order valence-electron chi connectivity index (χ1n) is 6.66. The van der Waals surface area contributed by atoms with Gasteiger partial charge in [0.1, 0.15) is 0 Å². The second kappa shape index (κ2) is 5.05. The summed E-state index contributed by atoms with van der Waals surface area (Å²) in [6.07, 6.45) is 1.83. The Hall–Kier alpha value is -1.82. The molecule has 1 aromatic heterocycles. The van der Waals surface area contributed by atoms with Crippen molar-refractivity contribution < 1.29 is 4.79 Å². The molecular weight excluding hydrogens is 242 g/mol. The van der Waals surface area contributed by atoms with Crippen LogP contribution < -0.4 is 10.6 Å². The van der Waals surface area contributed by atoms with Gasteiger partial charge in [0.15, 0.2) is 0 Å². The molecule has 0 bridgehead atoms. The van der Waals surface area contributed by atoms with Gasteiger partial charge in [-0.05, 0) is 12.1 Å². The molecule has 19 heavy (non-hydrogen) atoms. The summed E-state index contributed by atoms with van der Waals surface area (Å²) < 4.78 is 0. The molecule has 2 aliphatic heterocycles. The number of aromatic nitrogens is 1. The number of amides is 2. The predicted octanol–water partition coefficient (Wildman–Crippen LogP) is 0.333. The van der Waals surface area contributed by atoms with Crippen LogP contribution in [0.1, 0.15) is 5.69 Å². The van der Waals surface area contributed by atoms with Crippen LogP contribution in [-0.2, 0) is 6.54 Å².